The van der Waals surface area contributed by atoms with Crippen LogP contribution in [0.5, 0.6) is 5.75 Å². The van der Waals surface area contributed by atoms with Gasteiger partial charge in [0.2, 0.25) is 11.7 Å². The van der Waals surface area contributed by atoms with Crippen molar-refractivity contribution in [2.45, 2.75) is 33.4 Å². The normalized spacial score (nSPS) is 15.2. The molecular formula is C26H29N5O3. The maximum Gasteiger partial charge on any atom is 0.264 e. The average molecular weight is 460 g/mol. The number of carbonyl (C=O) groups is 1. The lowest BCUT2D eigenvalue weighted by molar-refractivity contribution is -0.142. The van der Waals surface area contributed by atoms with E-state index in [0.717, 1.165) is 11.1 Å². The fourth-order valence-electron chi connectivity index (χ4n) is 4.02. The van der Waals surface area contributed by atoms with Gasteiger partial charge in [-0.15, -0.1) is 0 Å². The van der Waals surface area contributed by atoms with Crippen LogP contribution in [-0.4, -0.2) is 58.1 Å². The Hall–Kier alpha value is -3.70. The van der Waals surface area contributed by atoms with Crippen LogP contribution >= 0.6 is 0 Å². The molecule has 1 fully saturated rings. The molecule has 1 unspecified atom stereocenters. The van der Waals surface area contributed by atoms with Crippen molar-refractivity contribution < 1.29 is 14.1 Å². The fraction of sp³-hybridized carbons (Fsp3) is 0.385. The second-order valence-electron chi connectivity index (χ2n) is 8.82. The number of aromatic nitrogens is 2. The summed E-state index contributed by atoms with van der Waals surface area (Å²) in [6.45, 7) is 9.05. The number of benzene rings is 2. The quantitative estimate of drug-likeness (QED) is 0.532. The molecule has 0 bridgehead atoms. The average Bonchev–Trinajstić information content (AvgIpc) is 3.31. The van der Waals surface area contributed by atoms with E-state index in [9.17, 15) is 10.1 Å². The fourth-order valence-corrected chi connectivity index (χ4v) is 4.02. The number of aryl methyl sites for hydroxylation is 1. The number of nitriles is 1. The largest absolute Gasteiger partial charge is 0.479 e. The summed E-state index contributed by atoms with van der Waals surface area (Å²) in [5, 5.41) is 13.5. The Bertz CT molecular complexity index is 1170. The number of piperazine rings is 1. The van der Waals surface area contributed by atoms with Crippen molar-refractivity contribution in [1.29, 1.82) is 5.26 Å². The number of para-hydroxylation sites is 1. The second kappa shape index (κ2) is 10.5. The summed E-state index contributed by atoms with van der Waals surface area (Å²) >= 11 is 0. The van der Waals surface area contributed by atoms with Crippen molar-refractivity contribution in [3.8, 4) is 23.2 Å². The third kappa shape index (κ3) is 5.26. The Balaban J connectivity index is 1.35. The number of nitrogens with zero attached hydrogens (tertiary/aromatic N) is 5. The Kier molecular flexibility index (Phi) is 7.24. The molecule has 2 aromatic carbocycles. The van der Waals surface area contributed by atoms with Crippen LogP contribution in [0.1, 0.15) is 30.9 Å². The van der Waals surface area contributed by atoms with Gasteiger partial charge in [-0.2, -0.15) is 10.2 Å². The monoisotopic (exact) mass is 459 g/mol. The van der Waals surface area contributed by atoms with Gasteiger partial charge in [-0.05, 0) is 30.5 Å². The first-order valence-corrected chi connectivity index (χ1v) is 11.5. The Morgan fingerprint density at radius 2 is 1.82 bits per heavy atom. The standard InChI is InChI=1S/C26H29N5O3/c1-18(2)24(33-22-11-7-5-9-20(22)16-27)26(32)31-14-12-30(13-15-31)17-23-28-25(29-34-23)21-10-6-4-8-19(21)3/h4-11,18,24H,12-15,17H2,1-3H3. The van der Waals surface area contributed by atoms with E-state index < -0.39 is 6.10 Å². The molecule has 176 valence electrons. The summed E-state index contributed by atoms with van der Waals surface area (Å²) < 4.78 is 11.5. The van der Waals surface area contributed by atoms with Crippen molar-refractivity contribution >= 4 is 5.91 Å². The molecule has 1 aliphatic heterocycles. The molecule has 0 radical (unpaired) electrons. The van der Waals surface area contributed by atoms with E-state index >= 15 is 0 Å². The molecule has 4 rings (SSSR count). The van der Waals surface area contributed by atoms with E-state index in [2.05, 4.69) is 21.1 Å². The van der Waals surface area contributed by atoms with Crippen LogP contribution < -0.4 is 4.74 Å². The lowest BCUT2D eigenvalue weighted by Gasteiger charge is -2.36. The summed E-state index contributed by atoms with van der Waals surface area (Å²) in [5.74, 6) is 1.51. The highest BCUT2D eigenvalue weighted by atomic mass is 16.5. The number of hydrogen-bond acceptors (Lipinski definition) is 7. The highest BCUT2D eigenvalue weighted by Crippen LogP contribution is 2.23. The van der Waals surface area contributed by atoms with Crippen LogP contribution in [0.25, 0.3) is 11.4 Å². The maximum absolute atomic E-state index is 13.3. The summed E-state index contributed by atoms with van der Waals surface area (Å²) in [5.41, 5.74) is 2.49. The molecule has 0 N–H and O–H groups in total. The Morgan fingerprint density at radius 1 is 1.12 bits per heavy atom. The van der Waals surface area contributed by atoms with Crippen LogP contribution in [0.4, 0.5) is 0 Å². The molecule has 0 aliphatic carbocycles. The predicted molar refractivity (Wildman–Crippen MR) is 127 cm³/mol. The smallest absolute Gasteiger partial charge is 0.264 e. The van der Waals surface area contributed by atoms with Crippen LogP contribution in [0.3, 0.4) is 0 Å². The minimum absolute atomic E-state index is 0.0319. The molecule has 1 atom stereocenters. The third-order valence-electron chi connectivity index (χ3n) is 6.01. The van der Waals surface area contributed by atoms with Crippen molar-refractivity contribution in [2.24, 2.45) is 5.92 Å². The zero-order chi connectivity index (χ0) is 24.1. The zero-order valence-corrected chi connectivity index (χ0v) is 19.8. The number of carbonyl (C=O) groups excluding carboxylic acids is 1. The van der Waals surface area contributed by atoms with Crippen molar-refractivity contribution in [1.82, 2.24) is 19.9 Å². The molecule has 0 saturated carbocycles. The SMILES string of the molecule is Cc1ccccc1-c1noc(CN2CCN(C(=O)C(Oc3ccccc3C#N)C(C)C)CC2)n1. The zero-order valence-electron chi connectivity index (χ0n) is 19.8. The van der Waals surface area contributed by atoms with Gasteiger partial charge in [0.05, 0.1) is 12.1 Å². The molecule has 2 heterocycles. The van der Waals surface area contributed by atoms with E-state index in [4.69, 9.17) is 9.26 Å². The van der Waals surface area contributed by atoms with Gasteiger partial charge in [-0.1, -0.05) is 55.4 Å². The summed E-state index contributed by atoms with van der Waals surface area (Å²) in [6, 6.07) is 17.1. The van der Waals surface area contributed by atoms with Gasteiger partial charge in [0.25, 0.3) is 5.91 Å². The molecule has 1 amide bonds. The predicted octanol–water partition coefficient (Wildman–Crippen LogP) is 3.66. The van der Waals surface area contributed by atoms with Gasteiger partial charge in [0.15, 0.2) is 6.10 Å². The number of rotatable bonds is 7. The van der Waals surface area contributed by atoms with E-state index in [1.54, 1.807) is 24.3 Å². The molecule has 8 heteroatoms. The van der Waals surface area contributed by atoms with Gasteiger partial charge in [-0.3, -0.25) is 9.69 Å². The third-order valence-corrected chi connectivity index (χ3v) is 6.01. The number of amides is 1. The van der Waals surface area contributed by atoms with E-state index in [-0.39, 0.29) is 11.8 Å². The number of ether oxygens (including phenoxy) is 1. The van der Waals surface area contributed by atoms with Crippen LogP contribution in [0, 0.1) is 24.2 Å². The van der Waals surface area contributed by atoms with Crippen molar-refractivity contribution in [2.75, 3.05) is 26.2 Å². The second-order valence-corrected chi connectivity index (χ2v) is 8.82. The maximum atomic E-state index is 13.3. The first-order chi connectivity index (χ1) is 16.5. The van der Waals surface area contributed by atoms with E-state index in [0.29, 0.717) is 55.8 Å². The highest BCUT2D eigenvalue weighted by Gasteiger charge is 2.32. The minimum Gasteiger partial charge on any atom is -0.479 e. The molecule has 1 aromatic heterocycles. The highest BCUT2D eigenvalue weighted by molar-refractivity contribution is 5.81. The van der Waals surface area contributed by atoms with Crippen LogP contribution in [-0.2, 0) is 11.3 Å². The summed E-state index contributed by atoms with van der Waals surface area (Å²) in [7, 11) is 0. The molecule has 1 saturated heterocycles. The summed E-state index contributed by atoms with van der Waals surface area (Å²) in [6.07, 6.45) is -0.645. The molecule has 3 aromatic rings. The van der Waals surface area contributed by atoms with E-state index in [1.807, 2.05) is 49.9 Å². The first kappa shape index (κ1) is 23.5. The molecular weight excluding hydrogens is 430 g/mol. The Morgan fingerprint density at radius 3 is 2.53 bits per heavy atom. The number of hydrogen-bond donors (Lipinski definition) is 0. The van der Waals surface area contributed by atoms with Crippen LogP contribution in [0.2, 0.25) is 0 Å². The van der Waals surface area contributed by atoms with Crippen molar-refractivity contribution in [3.63, 3.8) is 0 Å². The van der Waals surface area contributed by atoms with Gasteiger partial charge in [0.1, 0.15) is 11.8 Å². The molecule has 8 nitrogen and oxygen atoms in total. The summed E-state index contributed by atoms with van der Waals surface area (Å²) in [4.78, 5) is 21.9. The minimum atomic E-state index is -0.645. The Labute approximate surface area is 199 Å². The van der Waals surface area contributed by atoms with Crippen LogP contribution in [0.15, 0.2) is 53.1 Å². The first-order valence-electron chi connectivity index (χ1n) is 11.5. The van der Waals surface area contributed by atoms with Gasteiger partial charge < -0.3 is 14.2 Å². The van der Waals surface area contributed by atoms with Crippen molar-refractivity contribution in [3.05, 3.63) is 65.5 Å². The lowest BCUT2D eigenvalue weighted by atomic mass is 10.0. The topological polar surface area (TPSA) is 95.5 Å². The van der Waals surface area contributed by atoms with Gasteiger partial charge in [-0.25, -0.2) is 0 Å². The molecule has 0 spiro atoms. The molecule has 1 aliphatic rings. The molecule has 34 heavy (non-hydrogen) atoms. The van der Waals surface area contributed by atoms with E-state index in [1.165, 1.54) is 0 Å². The van der Waals surface area contributed by atoms with Gasteiger partial charge >= 0.3 is 0 Å². The lowest BCUT2D eigenvalue weighted by Crippen LogP contribution is -2.53. The van der Waals surface area contributed by atoms with Gasteiger partial charge in [0, 0.05) is 31.7 Å².